The molecule has 0 saturated carbocycles. The number of halogens is 2. The fourth-order valence-corrected chi connectivity index (χ4v) is 3.90. The topological polar surface area (TPSA) is 113 Å². The number of carbonyl (C=O) groups excluding carboxylic acids is 2. The number of aromatic hydroxyl groups is 1. The van der Waals surface area contributed by atoms with Crippen LogP contribution in [0.4, 0.5) is 8.78 Å². The standard InChI is InChI=1S/C25H32F2N4O6/c1-16(2)37-11-4-8-29-15-30(9-5-10-36-3)31-14-19(22(32)23(33)21(31)25(29)35)24(34)28-13-17-6-7-18(26)12-20(17)27/h6-7,12,14,16,33H,4-5,8-11,13,15H2,1-3H3,(H,28,34). The number of rotatable bonds is 12. The minimum atomic E-state index is -1.03. The molecule has 1 aliphatic rings. The number of methoxy groups -OCH3 is 1. The fourth-order valence-electron chi connectivity index (χ4n) is 3.90. The molecule has 2 N–H and O–H groups in total. The number of benzene rings is 1. The normalized spacial score (nSPS) is 13.3. The molecule has 12 heteroatoms. The van der Waals surface area contributed by atoms with Crippen molar-refractivity contribution in [1.29, 1.82) is 0 Å². The molecule has 202 valence electrons. The van der Waals surface area contributed by atoms with E-state index in [0.29, 0.717) is 45.2 Å². The van der Waals surface area contributed by atoms with E-state index in [-0.39, 0.29) is 30.6 Å². The third-order valence-electron chi connectivity index (χ3n) is 5.78. The molecule has 2 aromatic rings. The van der Waals surface area contributed by atoms with Gasteiger partial charge in [-0.1, -0.05) is 6.07 Å². The van der Waals surface area contributed by atoms with E-state index in [1.54, 1.807) is 12.1 Å². The summed E-state index contributed by atoms with van der Waals surface area (Å²) in [6, 6.07) is 2.92. The van der Waals surface area contributed by atoms with Crippen LogP contribution in [0.25, 0.3) is 0 Å². The molecule has 0 aliphatic carbocycles. The van der Waals surface area contributed by atoms with Gasteiger partial charge in [-0.2, -0.15) is 0 Å². The molecule has 0 saturated heterocycles. The zero-order chi connectivity index (χ0) is 27.1. The van der Waals surface area contributed by atoms with Crippen LogP contribution in [0.5, 0.6) is 5.75 Å². The Morgan fingerprint density at radius 1 is 1.16 bits per heavy atom. The highest BCUT2D eigenvalue weighted by molar-refractivity contribution is 5.99. The molecule has 0 unspecified atom stereocenters. The van der Waals surface area contributed by atoms with Crippen molar-refractivity contribution in [1.82, 2.24) is 14.9 Å². The highest BCUT2D eigenvalue weighted by Crippen LogP contribution is 2.22. The molecule has 2 heterocycles. The van der Waals surface area contributed by atoms with Gasteiger partial charge in [0.05, 0.1) is 6.10 Å². The van der Waals surface area contributed by atoms with Gasteiger partial charge in [0.1, 0.15) is 23.9 Å². The Morgan fingerprint density at radius 2 is 1.89 bits per heavy atom. The van der Waals surface area contributed by atoms with Crippen LogP contribution in [0.15, 0.2) is 29.2 Å². The van der Waals surface area contributed by atoms with Gasteiger partial charge in [-0.15, -0.1) is 0 Å². The first-order valence-corrected chi connectivity index (χ1v) is 12.0. The van der Waals surface area contributed by atoms with Crippen LogP contribution in [0.3, 0.4) is 0 Å². The Morgan fingerprint density at radius 3 is 2.57 bits per heavy atom. The molecule has 1 aromatic carbocycles. The SMILES string of the molecule is COCCCN1CN(CCCOC(C)C)C(=O)c2c(O)c(=O)c(C(=O)NCc3ccc(F)cc3F)cn21. The maximum Gasteiger partial charge on any atom is 0.277 e. The highest BCUT2D eigenvalue weighted by atomic mass is 19.1. The van der Waals surface area contributed by atoms with E-state index >= 15 is 0 Å². The van der Waals surface area contributed by atoms with Gasteiger partial charge < -0.3 is 24.8 Å². The molecule has 0 spiro atoms. The molecule has 3 rings (SSSR count). The lowest BCUT2D eigenvalue weighted by atomic mass is 10.1. The highest BCUT2D eigenvalue weighted by Gasteiger charge is 2.34. The number of fused-ring (bicyclic) bond motifs is 1. The van der Waals surface area contributed by atoms with Crippen molar-refractivity contribution in [2.45, 2.75) is 39.3 Å². The van der Waals surface area contributed by atoms with Crippen LogP contribution in [-0.2, 0) is 16.0 Å². The number of carbonyl (C=O) groups is 2. The minimum absolute atomic E-state index is 0.0190. The lowest BCUT2D eigenvalue weighted by molar-refractivity contribution is 0.0566. The molecule has 1 aliphatic heterocycles. The van der Waals surface area contributed by atoms with Crippen LogP contribution >= 0.6 is 0 Å². The monoisotopic (exact) mass is 522 g/mol. The van der Waals surface area contributed by atoms with Crippen LogP contribution in [0, 0.1) is 11.6 Å². The van der Waals surface area contributed by atoms with Crippen LogP contribution in [0.1, 0.15) is 53.1 Å². The number of hydrogen-bond acceptors (Lipinski definition) is 7. The number of hydrogen-bond donors (Lipinski definition) is 2. The van der Waals surface area contributed by atoms with Crippen LogP contribution in [-0.4, -0.2) is 72.7 Å². The zero-order valence-corrected chi connectivity index (χ0v) is 21.1. The Labute approximate surface area is 213 Å². The Hall–Kier alpha value is -3.51. The molecular formula is C25H32F2N4O6. The maximum atomic E-state index is 13.9. The summed E-state index contributed by atoms with van der Waals surface area (Å²) >= 11 is 0. The first-order valence-electron chi connectivity index (χ1n) is 12.0. The average molecular weight is 523 g/mol. The first-order chi connectivity index (χ1) is 17.6. The van der Waals surface area contributed by atoms with E-state index in [2.05, 4.69) is 5.32 Å². The summed E-state index contributed by atoms with van der Waals surface area (Å²) in [5.74, 6) is -3.89. The average Bonchev–Trinajstić information content (AvgIpc) is 2.85. The van der Waals surface area contributed by atoms with Gasteiger partial charge in [0.25, 0.3) is 11.8 Å². The third-order valence-corrected chi connectivity index (χ3v) is 5.78. The van der Waals surface area contributed by atoms with E-state index in [1.165, 1.54) is 21.8 Å². The van der Waals surface area contributed by atoms with Crippen molar-refractivity contribution in [3.8, 4) is 5.75 Å². The summed E-state index contributed by atoms with van der Waals surface area (Å²) in [6.45, 7) is 5.28. The lowest BCUT2D eigenvalue weighted by Gasteiger charge is -2.40. The summed E-state index contributed by atoms with van der Waals surface area (Å²) in [6.07, 6.45) is 2.38. The largest absolute Gasteiger partial charge is 0.502 e. The molecule has 10 nitrogen and oxygen atoms in total. The van der Waals surface area contributed by atoms with Gasteiger partial charge in [-0.05, 0) is 32.8 Å². The summed E-state index contributed by atoms with van der Waals surface area (Å²) in [5, 5.41) is 14.8. The summed E-state index contributed by atoms with van der Waals surface area (Å²) < 4.78 is 39.0. The summed E-state index contributed by atoms with van der Waals surface area (Å²) in [7, 11) is 1.56. The van der Waals surface area contributed by atoms with Crippen molar-refractivity contribution in [2.24, 2.45) is 0 Å². The second-order valence-electron chi connectivity index (χ2n) is 8.89. The number of nitrogens with zero attached hydrogens (tertiary/aromatic N) is 3. The Kier molecular flexibility index (Phi) is 9.59. The second kappa shape index (κ2) is 12.6. The lowest BCUT2D eigenvalue weighted by Crippen LogP contribution is -2.55. The van der Waals surface area contributed by atoms with Gasteiger partial charge in [0.15, 0.2) is 11.4 Å². The van der Waals surface area contributed by atoms with Crippen LogP contribution < -0.4 is 15.8 Å². The predicted octanol–water partition coefficient (Wildman–Crippen LogP) is 1.96. The van der Waals surface area contributed by atoms with Crippen molar-refractivity contribution < 1.29 is 33.0 Å². The molecule has 2 amide bonds. The quantitative estimate of drug-likeness (QED) is 0.410. The van der Waals surface area contributed by atoms with E-state index in [9.17, 15) is 28.3 Å². The molecule has 0 atom stereocenters. The molecule has 37 heavy (non-hydrogen) atoms. The zero-order valence-electron chi connectivity index (χ0n) is 21.1. The molecule has 1 aromatic heterocycles. The van der Waals surface area contributed by atoms with Crippen molar-refractivity contribution in [3.05, 3.63) is 63.1 Å². The molecule has 0 bridgehead atoms. The fraction of sp³-hybridized carbons (Fsp3) is 0.480. The number of ether oxygens (including phenoxy) is 2. The van der Waals surface area contributed by atoms with E-state index < -0.39 is 40.2 Å². The minimum Gasteiger partial charge on any atom is -0.502 e. The van der Waals surface area contributed by atoms with E-state index in [0.717, 1.165) is 6.07 Å². The summed E-state index contributed by atoms with van der Waals surface area (Å²) in [5.41, 5.74) is -1.68. The number of pyridine rings is 1. The molecule has 0 fully saturated rings. The first kappa shape index (κ1) is 28.1. The second-order valence-corrected chi connectivity index (χ2v) is 8.89. The van der Waals surface area contributed by atoms with E-state index in [4.69, 9.17) is 9.47 Å². The Bertz CT molecular complexity index is 1190. The van der Waals surface area contributed by atoms with Gasteiger partial charge in [0.2, 0.25) is 5.43 Å². The Balaban J connectivity index is 1.87. The third kappa shape index (κ3) is 6.83. The summed E-state index contributed by atoms with van der Waals surface area (Å²) in [4.78, 5) is 40.4. The van der Waals surface area contributed by atoms with Gasteiger partial charge >= 0.3 is 0 Å². The van der Waals surface area contributed by atoms with E-state index in [1.807, 2.05) is 13.8 Å². The maximum absolute atomic E-state index is 13.9. The van der Waals surface area contributed by atoms with Gasteiger partial charge in [-0.25, -0.2) is 8.78 Å². The number of amides is 2. The number of aromatic nitrogens is 1. The molecular weight excluding hydrogens is 490 g/mol. The predicted molar refractivity (Wildman–Crippen MR) is 131 cm³/mol. The van der Waals surface area contributed by atoms with Gasteiger partial charge in [-0.3, -0.25) is 24.1 Å². The number of nitrogens with one attached hydrogen (secondary N) is 1. The van der Waals surface area contributed by atoms with Crippen LogP contribution in [0.2, 0.25) is 0 Å². The molecule has 0 radical (unpaired) electrons. The van der Waals surface area contributed by atoms with Gasteiger partial charge in [0, 0.05) is 57.8 Å². The van der Waals surface area contributed by atoms with Crippen molar-refractivity contribution in [3.63, 3.8) is 0 Å². The smallest absolute Gasteiger partial charge is 0.277 e. The van der Waals surface area contributed by atoms with Crippen molar-refractivity contribution >= 4 is 11.8 Å². The van der Waals surface area contributed by atoms with Crippen molar-refractivity contribution in [2.75, 3.05) is 45.1 Å².